The van der Waals surface area contributed by atoms with Crippen molar-refractivity contribution >= 4 is 11.6 Å². The molecule has 0 bridgehead atoms. The quantitative estimate of drug-likeness (QED) is 0.841. The maximum absolute atomic E-state index is 13.1. The van der Waals surface area contributed by atoms with E-state index in [2.05, 4.69) is 26.1 Å². The molecular formula is C16H24F2N2O. The predicted octanol–water partition coefficient (Wildman–Crippen LogP) is 3.69. The first-order chi connectivity index (χ1) is 9.74. The van der Waals surface area contributed by atoms with Crippen LogP contribution in [0.25, 0.3) is 0 Å². The Hall–Kier alpha value is -1.49. The van der Waals surface area contributed by atoms with E-state index < -0.39 is 11.6 Å². The Morgan fingerprint density at radius 2 is 1.90 bits per heavy atom. The predicted molar refractivity (Wildman–Crippen MR) is 80.8 cm³/mol. The molecule has 1 aromatic rings. The SMILES string of the molecule is CC(C)(C)C(CCN)CCC(=O)Nc1ccc(F)c(F)c1. The van der Waals surface area contributed by atoms with Crippen molar-refractivity contribution in [2.24, 2.45) is 17.1 Å². The smallest absolute Gasteiger partial charge is 0.224 e. The van der Waals surface area contributed by atoms with Crippen molar-refractivity contribution in [1.82, 2.24) is 0 Å². The zero-order valence-corrected chi connectivity index (χ0v) is 12.9. The Morgan fingerprint density at radius 3 is 2.43 bits per heavy atom. The number of halogens is 2. The molecule has 1 rings (SSSR count). The zero-order valence-electron chi connectivity index (χ0n) is 12.9. The van der Waals surface area contributed by atoms with Crippen molar-refractivity contribution in [3.05, 3.63) is 29.8 Å². The van der Waals surface area contributed by atoms with Gasteiger partial charge in [-0.1, -0.05) is 20.8 Å². The highest BCUT2D eigenvalue weighted by atomic mass is 19.2. The normalized spacial score (nSPS) is 13.0. The third-order valence-corrected chi connectivity index (χ3v) is 3.66. The Morgan fingerprint density at radius 1 is 1.24 bits per heavy atom. The van der Waals surface area contributed by atoms with Crippen LogP contribution in [-0.4, -0.2) is 12.5 Å². The Labute approximate surface area is 124 Å². The van der Waals surface area contributed by atoms with E-state index in [0.29, 0.717) is 18.9 Å². The third-order valence-electron chi connectivity index (χ3n) is 3.66. The average molecular weight is 298 g/mol. The number of anilines is 1. The van der Waals surface area contributed by atoms with Gasteiger partial charge in [0.2, 0.25) is 5.91 Å². The summed E-state index contributed by atoms with van der Waals surface area (Å²) in [5.74, 6) is -1.75. The van der Waals surface area contributed by atoms with Gasteiger partial charge in [-0.05, 0) is 42.9 Å². The molecule has 118 valence electrons. The lowest BCUT2D eigenvalue weighted by Crippen LogP contribution is -2.25. The van der Waals surface area contributed by atoms with E-state index in [1.165, 1.54) is 6.07 Å². The molecule has 0 aliphatic rings. The molecule has 3 N–H and O–H groups in total. The largest absolute Gasteiger partial charge is 0.330 e. The van der Waals surface area contributed by atoms with E-state index in [1.54, 1.807) is 0 Å². The molecule has 1 amide bonds. The molecule has 0 saturated carbocycles. The zero-order chi connectivity index (χ0) is 16.0. The van der Waals surface area contributed by atoms with Crippen molar-refractivity contribution in [3.63, 3.8) is 0 Å². The van der Waals surface area contributed by atoms with E-state index >= 15 is 0 Å². The summed E-state index contributed by atoms with van der Waals surface area (Å²) in [6.07, 6.45) is 1.92. The van der Waals surface area contributed by atoms with Gasteiger partial charge in [0.05, 0.1) is 0 Å². The molecule has 0 aromatic heterocycles. The lowest BCUT2D eigenvalue weighted by atomic mass is 9.76. The highest BCUT2D eigenvalue weighted by Gasteiger charge is 2.24. The number of carbonyl (C=O) groups is 1. The summed E-state index contributed by atoms with van der Waals surface area (Å²) in [5, 5.41) is 2.58. The number of hydrogen-bond acceptors (Lipinski definition) is 2. The van der Waals surface area contributed by atoms with Crippen LogP contribution in [-0.2, 0) is 4.79 Å². The number of amides is 1. The first-order valence-electron chi connectivity index (χ1n) is 7.19. The van der Waals surface area contributed by atoms with Gasteiger partial charge in [0.25, 0.3) is 0 Å². The summed E-state index contributed by atoms with van der Waals surface area (Å²) in [6.45, 7) is 6.97. The molecule has 0 aliphatic heterocycles. The third kappa shape index (κ3) is 5.79. The van der Waals surface area contributed by atoms with Crippen molar-refractivity contribution in [3.8, 4) is 0 Å². The number of rotatable bonds is 6. The van der Waals surface area contributed by atoms with Gasteiger partial charge in [-0.25, -0.2) is 8.78 Å². The molecule has 0 radical (unpaired) electrons. The first-order valence-corrected chi connectivity index (χ1v) is 7.19. The fourth-order valence-corrected chi connectivity index (χ4v) is 2.31. The summed E-state index contributed by atoms with van der Waals surface area (Å²) in [6, 6.07) is 3.32. The topological polar surface area (TPSA) is 55.1 Å². The molecule has 3 nitrogen and oxygen atoms in total. The minimum atomic E-state index is -0.969. The molecule has 1 aromatic carbocycles. The molecule has 0 aliphatic carbocycles. The maximum Gasteiger partial charge on any atom is 0.224 e. The summed E-state index contributed by atoms with van der Waals surface area (Å²) in [4.78, 5) is 11.9. The van der Waals surface area contributed by atoms with Crippen molar-refractivity contribution < 1.29 is 13.6 Å². The molecule has 0 heterocycles. The number of hydrogen-bond donors (Lipinski definition) is 2. The lowest BCUT2D eigenvalue weighted by molar-refractivity contribution is -0.116. The van der Waals surface area contributed by atoms with Crippen molar-refractivity contribution in [2.75, 3.05) is 11.9 Å². The van der Waals surface area contributed by atoms with Gasteiger partial charge < -0.3 is 11.1 Å². The van der Waals surface area contributed by atoms with Crippen molar-refractivity contribution in [1.29, 1.82) is 0 Å². The number of nitrogens with two attached hydrogens (primary N) is 1. The van der Waals surface area contributed by atoms with E-state index in [9.17, 15) is 13.6 Å². The van der Waals surface area contributed by atoms with Gasteiger partial charge in [-0.2, -0.15) is 0 Å². The summed E-state index contributed by atoms with van der Waals surface area (Å²) < 4.78 is 25.9. The minimum absolute atomic E-state index is 0.0850. The van der Waals surface area contributed by atoms with Gasteiger partial charge in [-0.3, -0.25) is 4.79 Å². The second-order valence-corrected chi connectivity index (χ2v) is 6.36. The molecule has 1 atom stereocenters. The lowest BCUT2D eigenvalue weighted by Gasteiger charge is -2.30. The molecule has 0 saturated heterocycles. The highest BCUT2D eigenvalue weighted by molar-refractivity contribution is 5.90. The molecule has 0 fully saturated rings. The van der Waals surface area contributed by atoms with Crippen LogP contribution in [0.3, 0.4) is 0 Å². The van der Waals surface area contributed by atoms with Crippen LogP contribution in [0.15, 0.2) is 18.2 Å². The van der Waals surface area contributed by atoms with Crippen LogP contribution >= 0.6 is 0 Å². The summed E-state index contributed by atoms with van der Waals surface area (Å²) in [7, 11) is 0. The van der Waals surface area contributed by atoms with Gasteiger partial charge >= 0.3 is 0 Å². The fourth-order valence-electron chi connectivity index (χ4n) is 2.31. The minimum Gasteiger partial charge on any atom is -0.330 e. The standard InChI is InChI=1S/C16H24F2N2O/c1-16(2,3)11(8-9-19)4-7-15(21)20-12-5-6-13(17)14(18)10-12/h5-6,10-11H,4,7-9,19H2,1-3H3,(H,20,21). The monoisotopic (exact) mass is 298 g/mol. The Kier molecular flexibility index (Phi) is 6.27. The summed E-state index contributed by atoms with van der Waals surface area (Å²) >= 11 is 0. The molecule has 21 heavy (non-hydrogen) atoms. The van der Waals surface area contributed by atoms with E-state index in [4.69, 9.17) is 5.73 Å². The Balaban J connectivity index is 2.54. The molecule has 0 spiro atoms. The number of carbonyl (C=O) groups excluding carboxylic acids is 1. The van der Waals surface area contributed by atoms with Crippen LogP contribution in [0, 0.1) is 23.0 Å². The van der Waals surface area contributed by atoms with Gasteiger partial charge in [0.1, 0.15) is 0 Å². The summed E-state index contributed by atoms with van der Waals surface area (Å²) in [5.41, 5.74) is 5.96. The second-order valence-electron chi connectivity index (χ2n) is 6.36. The number of benzene rings is 1. The van der Waals surface area contributed by atoms with Crippen LogP contribution < -0.4 is 11.1 Å². The van der Waals surface area contributed by atoms with E-state index in [0.717, 1.165) is 25.0 Å². The van der Waals surface area contributed by atoms with Crippen LogP contribution in [0.2, 0.25) is 0 Å². The number of nitrogens with one attached hydrogen (secondary N) is 1. The molecule has 5 heteroatoms. The second kappa shape index (κ2) is 7.50. The van der Waals surface area contributed by atoms with Gasteiger partial charge in [0.15, 0.2) is 11.6 Å². The first kappa shape index (κ1) is 17.6. The average Bonchev–Trinajstić information content (AvgIpc) is 2.37. The maximum atomic E-state index is 13.1. The van der Waals surface area contributed by atoms with Crippen LogP contribution in [0.5, 0.6) is 0 Å². The van der Waals surface area contributed by atoms with Gasteiger partial charge in [0, 0.05) is 18.2 Å². The highest BCUT2D eigenvalue weighted by Crippen LogP contribution is 2.32. The van der Waals surface area contributed by atoms with Crippen LogP contribution in [0.4, 0.5) is 14.5 Å². The molecular weight excluding hydrogens is 274 g/mol. The van der Waals surface area contributed by atoms with E-state index in [1.807, 2.05) is 0 Å². The van der Waals surface area contributed by atoms with Crippen molar-refractivity contribution in [2.45, 2.75) is 40.0 Å². The Bertz CT molecular complexity index is 484. The van der Waals surface area contributed by atoms with Crippen LogP contribution in [0.1, 0.15) is 40.0 Å². The van der Waals surface area contributed by atoms with Gasteiger partial charge in [-0.15, -0.1) is 0 Å². The van der Waals surface area contributed by atoms with E-state index in [-0.39, 0.29) is 17.0 Å². The fraction of sp³-hybridized carbons (Fsp3) is 0.562. The molecule has 1 unspecified atom stereocenters.